The summed E-state index contributed by atoms with van der Waals surface area (Å²) in [6.45, 7) is 5.98. The lowest BCUT2D eigenvalue weighted by atomic mass is 10.2. The van der Waals surface area contributed by atoms with E-state index in [0.29, 0.717) is 41.4 Å². The Morgan fingerprint density at radius 1 is 1.29 bits per heavy atom. The van der Waals surface area contributed by atoms with Gasteiger partial charge in [-0.25, -0.2) is 22.6 Å². The van der Waals surface area contributed by atoms with Crippen LogP contribution in [-0.2, 0) is 16.4 Å². The fraction of sp³-hybridized carbons (Fsp3) is 0.389. The molecule has 0 aliphatic rings. The fourth-order valence-electron chi connectivity index (χ4n) is 3.00. The van der Waals surface area contributed by atoms with E-state index < -0.39 is 10.0 Å². The number of nitrogens with zero attached hydrogens (tertiary/aromatic N) is 3. The molecule has 2 heterocycles. The molecule has 2 N–H and O–H groups in total. The molecule has 3 aromatic rings. The van der Waals surface area contributed by atoms with Crippen LogP contribution < -0.4 is 15.0 Å². The van der Waals surface area contributed by atoms with Crippen LogP contribution in [0.15, 0.2) is 27.9 Å². The smallest absolute Gasteiger partial charge is 0.277 e. The molecule has 0 fully saturated rings. The number of aryl methyl sites for hydroxylation is 2. The van der Waals surface area contributed by atoms with E-state index in [9.17, 15) is 13.2 Å². The van der Waals surface area contributed by atoms with Gasteiger partial charge in [0.15, 0.2) is 11.3 Å². The molecule has 0 unspecified atom stereocenters. The third-order valence-electron chi connectivity index (χ3n) is 4.30. The minimum Gasteiger partial charge on any atom is -0.493 e. The highest BCUT2D eigenvalue weighted by Crippen LogP contribution is 2.30. The Kier molecular flexibility index (Phi) is 5.52. The molecular weight excluding hydrogens is 382 g/mol. The van der Waals surface area contributed by atoms with Crippen molar-refractivity contribution in [3.05, 3.63) is 40.1 Å². The predicted molar refractivity (Wildman–Crippen MR) is 105 cm³/mol. The summed E-state index contributed by atoms with van der Waals surface area (Å²) in [7, 11) is -2.33. The Morgan fingerprint density at radius 2 is 2.04 bits per heavy atom. The summed E-state index contributed by atoms with van der Waals surface area (Å²) in [6.07, 6.45) is 1.51. The zero-order valence-corrected chi connectivity index (χ0v) is 17.1. The van der Waals surface area contributed by atoms with Crippen LogP contribution in [0.2, 0.25) is 0 Å². The number of fused-ring (bicyclic) bond motifs is 1. The van der Waals surface area contributed by atoms with Gasteiger partial charge in [0.1, 0.15) is 11.6 Å². The zero-order valence-electron chi connectivity index (χ0n) is 16.2. The maximum absolute atomic E-state index is 12.7. The summed E-state index contributed by atoms with van der Waals surface area (Å²) in [6, 6.07) is 4.43. The minimum absolute atomic E-state index is 0.0480. The normalized spacial score (nSPS) is 11.9. The Balaban J connectivity index is 2.30. The molecule has 0 spiro atoms. The number of nitrogens with one attached hydrogen (secondary N) is 2. The van der Waals surface area contributed by atoms with Gasteiger partial charge in [-0.2, -0.15) is 0 Å². The van der Waals surface area contributed by atoms with Crippen LogP contribution >= 0.6 is 0 Å². The molecule has 0 atom stereocenters. The quantitative estimate of drug-likeness (QED) is 0.617. The van der Waals surface area contributed by atoms with Gasteiger partial charge in [0.25, 0.3) is 5.56 Å². The molecule has 0 aliphatic carbocycles. The first kappa shape index (κ1) is 20.0. The summed E-state index contributed by atoms with van der Waals surface area (Å²) < 4.78 is 33.9. The van der Waals surface area contributed by atoms with Gasteiger partial charge in [-0.1, -0.05) is 6.92 Å². The first-order chi connectivity index (χ1) is 13.3. The van der Waals surface area contributed by atoms with E-state index in [-0.39, 0.29) is 16.3 Å². The lowest BCUT2D eigenvalue weighted by molar-refractivity contribution is 0.341. The number of hydrogen-bond donors (Lipinski definition) is 2. The van der Waals surface area contributed by atoms with Gasteiger partial charge in [0.2, 0.25) is 10.0 Å². The summed E-state index contributed by atoms with van der Waals surface area (Å²) >= 11 is 0. The monoisotopic (exact) mass is 405 g/mol. The van der Waals surface area contributed by atoms with Gasteiger partial charge in [0, 0.05) is 6.42 Å². The Labute approximate surface area is 162 Å². The van der Waals surface area contributed by atoms with Crippen molar-refractivity contribution in [2.45, 2.75) is 38.5 Å². The van der Waals surface area contributed by atoms with Crippen molar-refractivity contribution < 1.29 is 13.2 Å². The molecule has 0 amide bonds. The van der Waals surface area contributed by atoms with Crippen molar-refractivity contribution in [3.63, 3.8) is 0 Å². The third kappa shape index (κ3) is 3.52. The number of aromatic nitrogens is 4. The van der Waals surface area contributed by atoms with Crippen LogP contribution in [0.25, 0.3) is 16.9 Å². The minimum atomic E-state index is -3.67. The van der Waals surface area contributed by atoms with E-state index in [4.69, 9.17) is 4.74 Å². The second kappa shape index (κ2) is 7.72. The average Bonchev–Trinajstić information content (AvgIpc) is 2.98. The molecule has 3 rings (SSSR count). The molecule has 0 radical (unpaired) electrons. The van der Waals surface area contributed by atoms with Crippen LogP contribution in [-0.4, -0.2) is 41.7 Å². The molecule has 10 heteroatoms. The van der Waals surface area contributed by atoms with E-state index in [1.54, 1.807) is 13.0 Å². The molecule has 150 valence electrons. The van der Waals surface area contributed by atoms with Gasteiger partial charge >= 0.3 is 0 Å². The highest BCUT2D eigenvalue weighted by molar-refractivity contribution is 7.89. The van der Waals surface area contributed by atoms with Gasteiger partial charge in [-0.05, 0) is 45.5 Å². The maximum Gasteiger partial charge on any atom is 0.277 e. The predicted octanol–water partition coefficient (Wildman–Crippen LogP) is 1.65. The number of ether oxygens (including phenoxy) is 1. The van der Waals surface area contributed by atoms with Gasteiger partial charge in [-0.15, -0.1) is 5.10 Å². The first-order valence-corrected chi connectivity index (χ1v) is 10.5. The highest BCUT2D eigenvalue weighted by atomic mass is 32.2. The van der Waals surface area contributed by atoms with E-state index in [1.807, 2.05) is 13.8 Å². The number of aromatic amines is 1. The SMILES string of the molecule is CCCc1nc(C)c2c(=O)[nH]c(-c3cc(S(=O)(=O)NC)ccc3OCC)nn12. The summed E-state index contributed by atoms with van der Waals surface area (Å²) in [5.74, 6) is 1.32. The van der Waals surface area contributed by atoms with Crippen LogP contribution in [0.1, 0.15) is 31.8 Å². The van der Waals surface area contributed by atoms with Crippen molar-refractivity contribution in [1.82, 2.24) is 24.3 Å². The standard InChI is InChI=1S/C18H23N5O4S/c1-5-7-15-20-11(3)16-18(24)21-17(22-23(15)16)13-10-12(28(25,26)19-4)8-9-14(13)27-6-2/h8-10,19H,5-7H2,1-4H3,(H,21,22,24). The summed E-state index contributed by atoms with van der Waals surface area (Å²) in [5, 5.41) is 4.54. The molecule has 9 nitrogen and oxygen atoms in total. The molecule has 0 saturated heterocycles. The number of hydrogen-bond acceptors (Lipinski definition) is 6. The van der Waals surface area contributed by atoms with E-state index in [2.05, 4.69) is 19.8 Å². The molecule has 1 aromatic carbocycles. The van der Waals surface area contributed by atoms with Crippen molar-refractivity contribution in [2.75, 3.05) is 13.7 Å². The van der Waals surface area contributed by atoms with Crippen LogP contribution in [0.4, 0.5) is 0 Å². The molecule has 2 aromatic heterocycles. The Morgan fingerprint density at radius 3 is 2.68 bits per heavy atom. The number of imidazole rings is 1. The number of rotatable bonds is 7. The summed E-state index contributed by atoms with van der Waals surface area (Å²) in [4.78, 5) is 19.9. The topological polar surface area (TPSA) is 118 Å². The average molecular weight is 405 g/mol. The number of H-pyrrole nitrogens is 1. The fourth-order valence-corrected chi connectivity index (χ4v) is 3.76. The van der Waals surface area contributed by atoms with Crippen LogP contribution in [0, 0.1) is 6.92 Å². The number of benzene rings is 1. The largest absolute Gasteiger partial charge is 0.493 e. The van der Waals surface area contributed by atoms with E-state index in [0.717, 1.165) is 6.42 Å². The molecule has 0 aliphatic heterocycles. The molecule has 0 bridgehead atoms. The van der Waals surface area contributed by atoms with E-state index in [1.165, 1.54) is 23.7 Å². The Bertz CT molecular complexity index is 1180. The van der Waals surface area contributed by atoms with Gasteiger partial charge in [-0.3, -0.25) is 4.79 Å². The zero-order chi connectivity index (χ0) is 20.5. The maximum atomic E-state index is 12.7. The lowest BCUT2D eigenvalue weighted by Gasteiger charge is -2.12. The second-order valence-electron chi connectivity index (χ2n) is 6.23. The van der Waals surface area contributed by atoms with Crippen molar-refractivity contribution in [2.24, 2.45) is 0 Å². The lowest BCUT2D eigenvalue weighted by Crippen LogP contribution is -2.19. The number of sulfonamides is 1. The second-order valence-corrected chi connectivity index (χ2v) is 8.11. The molecule has 0 saturated carbocycles. The van der Waals surface area contributed by atoms with Crippen molar-refractivity contribution >= 4 is 15.5 Å². The van der Waals surface area contributed by atoms with Gasteiger partial charge in [0.05, 0.1) is 22.8 Å². The Hall–Kier alpha value is -2.72. The van der Waals surface area contributed by atoms with Gasteiger partial charge < -0.3 is 9.72 Å². The highest BCUT2D eigenvalue weighted by Gasteiger charge is 2.20. The molecule has 28 heavy (non-hydrogen) atoms. The summed E-state index contributed by atoms with van der Waals surface area (Å²) in [5.41, 5.74) is 1.01. The first-order valence-electron chi connectivity index (χ1n) is 9.01. The van der Waals surface area contributed by atoms with Crippen molar-refractivity contribution in [1.29, 1.82) is 0 Å². The van der Waals surface area contributed by atoms with Crippen LogP contribution in [0.5, 0.6) is 5.75 Å². The van der Waals surface area contributed by atoms with Crippen LogP contribution in [0.3, 0.4) is 0 Å². The van der Waals surface area contributed by atoms with E-state index >= 15 is 0 Å². The molecular formula is C18H23N5O4S. The van der Waals surface area contributed by atoms with Crippen molar-refractivity contribution in [3.8, 4) is 17.1 Å². The third-order valence-corrected chi connectivity index (χ3v) is 5.71.